The first-order chi connectivity index (χ1) is 26.8. The number of rotatable bonds is 6. The number of aliphatic hydroxyl groups excluding tert-OH is 1. The number of ether oxygens (including phenoxy) is 2. The van der Waals surface area contributed by atoms with Gasteiger partial charge in [0.15, 0.2) is 5.60 Å². The molecule has 1 amide bonds. The van der Waals surface area contributed by atoms with Crippen LogP contribution in [0.25, 0.3) is 10.9 Å². The Hall–Kier alpha value is -3.98. The molecule has 7 N–H and O–H groups in total. The fourth-order valence-corrected chi connectivity index (χ4v) is 13.1. The highest BCUT2D eigenvalue weighted by atomic mass is 16.5. The van der Waals surface area contributed by atoms with E-state index in [1.165, 1.54) is 7.11 Å². The van der Waals surface area contributed by atoms with E-state index in [0.717, 1.165) is 40.0 Å². The summed E-state index contributed by atoms with van der Waals surface area (Å²) in [4.78, 5) is 39.7. The Morgan fingerprint density at radius 1 is 1.05 bits per heavy atom. The number of fused-ring (bicyclic) bond motifs is 6. The number of methoxy groups -OCH3 is 2. The van der Waals surface area contributed by atoms with Gasteiger partial charge in [0.05, 0.1) is 25.9 Å². The molecule has 2 bridgehead atoms. The average molecular weight is 769 g/mol. The van der Waals surface area contributed by atoms with Crippen molar-refractivity contribution in [3.05, 3.63) is 70.9 Å². The first-order valence-corrected chi connectivity index (χ1v) is 20.3. The van der Waals surface area contributed by atoms with Crippen LogP contribution in [0.5, 0.6) is 5.75 Å². The van der Waals surface area contributed by atoms with Crippen molar-refractivity contribution in [3.63, 3.8) is 0 Å². The van der Waals surface area contributed by atoms with E-state index in [0.29, 0.717) is 76.0 Å². The molecule has 56 heavy (non-hydrogen) atoms. The number of carbonyl (C=O) groups excluding carboxylic acids is 2. The number of hydrogen-bond acceptors (Lipinski definition) is 11. The number of aliphatic hydroxyl groups is 3. The second-order valence-electron chi connectivity index (χ2n) is 17.6. The van der Waals surface area contributed by atoms with Crippen LogP contribution < -0.4 is 20.9 Å². The average Bonchev–Trinajstić information content (AvgIpc) is 3.87. The quantitative estimate of drug-likeness (QED) is 0.0714. The Kier molecular flexibility index (Phi) is 8.56. The van der Waals surface area contributed by atoms with Gasteiger partial charge in [-0.3, -0.25) is 24.8 Å². The minimum Gasteiger partial charge on any atom is -0.496 e. The van der Waals surface area contributed by atoms with Crippen LogP contribution in [0.2, 0.25) is 0 Å². The van der Waals surface area contributed by atoms with Gasteiger partial charge in [-0.1, -0.05) is 44.2 Å². The Morgan fingerprint density at radius 2 is 1.84 bits per heavy atom. The van der Waals surface area contributed by atoms with Crippen molar-refractivity contribution in [1.82, 2.24) is 20.2 Å². The predicted molar refractivity (Wildman–Crippen MR) is 211 cm³/mol. The smallest absolute Gasteiger partial charge is 0.322 e. The summed E-state index contributed by atoms with van der Waals surface area (Å²) < 4.78 is 12.2. The van der Waals surface area contributed by atoms with Crippen LogP contribution in [0.4, 0.5) is 5.69 Å². The number of anilines is 1. The maximum atomic E-state index is 15.2. The molecule has 1 saturated carbocycles. The molecule has 3 aromatic rings. The number of aromatic nitrogens is 1. The van der Waals surface area contributed by atoms with E-state index >= 15 is 4.79 Å². The third-order valence-electron chi connectivity index (χ3n) is 15.3. The number of aromatic amines is 1. The highest BCUT2D eigenvalue weighted by Gasteiger charge is 2.78. The Labute approximate surface area is 327 Å². The van der Waals surface area contributed by atoms with Crippen molar-refractivity contribution in [2.24, 2.45) is 17.2 Å². The van der Waals surface area contributed by atoms with Gasteiger partial charge in [-0.05, 0) is 74.2 Å². The number of H-pyrrole nitrogens is 1. The van der Waals surface area contributed by atoms with Crippen molar-refractivity contribution >= 4 is 28.5 Å². The molecule has 3 unspecified atom stereocenters. The van der Waals surface area contributed by atoms with Crippen LogP contribution in [-0.2, 0) is 31.6 Å². The fraction of sp³-hybridized carbons (Fsp3) is 0.581. The summed E-state index contributed by atoms with van der Waals surface area (Å²) in [5.41, 5.74) is 0.683. The molecule has 300 valence electrons. The lowest BCUT2D eigenvalue weighted by Crippen LogP contribution is -2.82. The van der Waals surface area contributed by atoms with Crippen molar-refractivity contribution in [3.8, 4) is 5.75 Å². The third-order valence-corrected chi connectivity index (χ3v) is 15.3. The van der Waals surface area contributed by atoms with Crippen LogP contribution in [0.1, 0.15) is 68.3 Å². The zero-order valence-electron chi connectivity index (χ0n) is 33.1. The van der Waals surface area contributed by atoms with Crippen molar-refractivity contribution in [2.45, 2.75) is 92.6 Å². The number of hydrazine groups is 1. The zero-order valence-corrected chi connectivity index (χ0v) is 33.1. The summed E-state index contributed by atoms with van der Waals surface area (Å²) in [6.07, 6.45) is 5.73. The van der Waals surface area contributed by atoms with E-state index in [9.17, 15) is 20.1 Å². The predicted octanol–water partition coefficient (Wildman–Crippen LogP) is 2.24. The van der Waals surface area contributed by atoms with Gasteiger partial charge in [0.2, 0.25) is 0 Å². The first kappa shape index (κ1) is 37.6. The summed E-state index contributed by atoms with van der Waals surface area (Å²) in [7, 11) is 4.89. The summed E-state index contributed by atoms with van der Waals surface area (Å²) in [6.45, 7) is 7.36. The van der Waals surface area contributed by atoms with E-state index < -0.39 is 51.5 Å². The number of nitrogens with two attached hydrogens (primary N) is 1. The number of carbonyl (C=O) groups is 2. The van der Waals surface area contributed by atoms with Crippen LogP contribution >= 0.6 is 0 Å². The largest absolute Gasteiger partial charge is 0.496 e. The van der Waals surface area contributed by atoms with Crippen molar-refractivity contribution in [2.75, 3.05) is 58.9 Å². The van der Waals surface area contributed by atoms with Gasteiger partial charge in [-0.2, -0.15) is 0 Å². The number of nitrogens with one attached hydrogen (secondary N) is 2. The minimum absolute atomic E-state index is 0.0851. The van der Waals surface area contributed by atoms with Gasteiger partial charge in [0.25, 0.3) is 5.91 Å². The lowest BCUT2D eigenvalue weighted by molar-refractivity contribution is -0.203. The topological polar surface area (TPSA) is 177 Å². The normalized spacial score (nSPS) is 38.4. The molecular formula is C43H56N6O7. The molecule has 1 aliphatic carbocycles. The highest BCUT2D eigenvalue weighted by Crippen LogP contribution is 2.67. The Morgan fingerprint density at radius 3 is 2.55 bits per heavy atom. The van der Waals surface area contributed by atoms with Crippen LogP contribution in [0.15, 0.2) is 48.6 Å². The summed E-state index contributed by atoms with van der Waals surface area (Å²) in [5.74, 6) is 4.94. The molecule has 2 saturated heterocycles. The Balaban J connectivity index is 1.36. The van der Waals surface area contributed by atoms with E-state index in [4.69, 9.17) is 15.3 Å². The molecule has 1 spiro atoms. The number of amides is 1. The summed E-state index contributed by atoms with van der Waals surface area (Å²) in [6, 6.07) is 11.0. The van der Waals surface area contributed by atoms with Gasteiger partial charge in [0.1, 0.15) is 17.3 Å². The molecule has 5 aliphatic heterocycles. The van der Waals surface area contributed by atoms with E-state index in [-0.39, 0.29) is 12.0 Å². The number of para-hydroxylation sites is 1. The number of likely N-dealkylation sites (N-methyl/N-ethyl adjacent to an activating group) is 1. The molecule has 9 rings (SSSR count). The molecule has 3 fully saturated rings. The molecule has 13 heteroatoms. The third kappa shape index (κ3) is 4.58. The number of piperidine rings is 1. The molecule has 6 aliphatic rings. The fourth-order valence-electron chi connectivity index (χ4n) is 13.1. The molecule has 10 atom stereocenters. The molecule has 6 heterocycles. The van der Waals surface area contributed by atoms with Crippen molar-refractivity contribution < 1.29 is 34.4 Å². The highest BCUT2D eigenvalue weighted by molar-refractivity contribution is 5.95. The van der Waals surface area contributed by atoms with Gasteiger partial charge in [-0.25, -0.2) is 5.84 Å². The second kappa shape index (κ2) is 12.8. The minimum atomic E-state index is -2.31. The zero-order chi connectivity index (χ0) is 39.6. The number of hydrogen-bond donors (Lipinski definition) is 6. The summed E-state index contributed by atoms with van der Waals surface area (Å²) in [5, 5.41) is 38.3. The standard InChI is InChI=1S/C43H56N6O7/c1-6-39(53)21-25-22-42(38(52)56-5,33-27(13-17-48(23-25)24-39)26-11-8-9-12-30(26)45-33)29-19-28-31(20-32(29)55-4)47(3)35-41(28)15-18-49-16-10-14-40(7-2,34(41)49)36(50)43(35,54)37(51)46-44/h8-12,14,19-20,25,34-36,45,50,53-54H,6-7,13,15-18,21-24,44H2,1-5H3,(H,46,51)/t25-,34?,35?,36-,39+,40-,41-,42+,43+/m1/s1. The summed E-state index contributed by atoms with van der Waals surface area (Å²) >= 11 is 0. The molecule has 13 nitrogen and oxygen atoms in total. The van der Waals surface area contributed by atoms with Gasteiger partial charge in [-0.15, -0.1) is 0 Å². The van der Waals surface area contributed by atoms with E-state index in [2.05, 4.69) is 32.3 Å². The van der Waals surface area contributed by atoms with Gasteiger partial charge >= 0.3 is 5.97 Å². The number of benzene rings is 2. The van der Waals surface area contributed by atoms with E-state index in [1.54, 1.807) is 7.11 Å². The SMILES string of the molecule is CC[C@]1(O)C[C@H]2CN(CCc3c([nH]c4ccccc34)[C@@](C(=O)OC)(c3cc4c(cc3OC)N(C)C3[C@]45CCN4CC=C[C@](CC)(C45)[C@@H](O)[C@]3(O)C(=O)NN)C2)C1. The van der Waals surface area contributed by atoms with Crippen LogP contribution in [0.3, 0.4) is 0 Å². The number of nitrogens with zero attached hydrogens (tertiary/aromatic N) is 3. The monoisotopic (exact) mass is 768 g/mol. The number of esters is 1. The lowest BCUT2D eigenvalue weighted by atomic mass is 9.47. The maximum absolute atomic E-state index is 15.2. The Bertz CT molecular complexity index is 2140. The van der Waals surface area contributed by atoms with Gasteiger partial charge < -0.3 is 34.7 Å². The van der Waals surface area contributed by atoms with E-state index in [1.807, 2.05) is 62.2 Å². The maximum Gasteiger partial charge on any atom is 0.322 e. The molecule has 0 radical (unpaired) electrons. The lowest BCUT2D eigenvalue weighted by Gasteiger charge is -2.63. The van der Waals surface area contributed by atoms with Gasteiger partial charge in [0, 0.05) is 84.0 Å². The molecular weight excluding hydrogens is 713 g/mol. The van der Waals surface area contributed by atoms with Crippen molar-refractivity contribution in [1.29, 1.82) is 0 Å². The van der Waals surface area contributed by atoms with Crippen LogP contribution in [-0.4, -0.2) is 125 Å². The molecule has 1 aromatic heterocycles. The van der Waals surface area contributed by atoms with Crippen LogP contribution in [0, 0.1) is 11.3 Å². The molecule has 2 aromatic carbocycles. The second-order valence-corrected chi connectivity index (χ2v) is 17.6. The first-order valence-electron chi connectivity index (χ1n) is 20.3.